The topological polar surface area (TPSA) is 47.6 Å². The fourth-order valence-electron chi connectivity index (χ4n) is 3.00. The maximum atomic E-state index is 12.0. The van der Waals surface area contributed by atoms with Crippen molar-refractivity contribution in [3.8, 4) is 11.5 Å². The van der Waals surface area contributed by atoms with Gasteiger partial charge in [0.15, 0.2) is 11.5 Å². The summed E-state index contributed by atoms with van der Waals surface area (Å²) < 4.78 is 11.5. The van der Waals surface area contributed by atoms with Crippen molar-refractivity contribution >= 4 is 34.7 Å². The molecule has 4 nitrogen and oxygen atoms in total. The van der Waals surface area contributed by atoms with Crippen LogP contribution in [0.2, 0.25) is 0 Å². The molecule has 0 aliphatic carbocycles. The number of carbonyl (C=O) groups is 1. The van der Waals surface area contributed by atoms with Gasteiger partial charge in [0.05, 0.1) is 23.8 Å². The van der Waals surface area contributed by atoms with Gasteiger partial charge in [0.1, 0.15) is 6.61 Å². The Balaban J connectivity index is 1.63. The van der Waals surface area contributed by atoms with Gasteiger partial charge in [-0.1, -0.05) is 36.4 Å². The molecule has 2 aromatic carbocycles. The highest BCUT2D eigenvalue weighted by Crippen LogP contribution is 2.46. The standard InChI is InChI=1S/C21H19NO3S2/c1-24-17-8-7-15(11-18(17)25-12-14-5-3-2-4-6-14)20-21-16(9-10-26-21)22-19(23)13-27-20/h2-11,20H,12-13H2,1H3,(H,22,23)/t20-/m1/s1. The molecule has 1 N–H and O–H groups in total. The number of benzene rings is 2. The second-order valence-corrected chi connectivity index (χ2v) is 8.16. The van der Waals surface area contributed by atoms with Gasteiger partial charge in [0.2, 0.25) is 5.91 Å². The molecular weight excluding hydrogens is 378 g/mol. The van der Waals surface area contributed by atoms with Gasteiger partial charge in [-0.25, -0.2) is 0 Å². The summed E-state index contributed by atoms with van der Waals surface area (Å²) in [5.41, 5.74) is 3.11. The Bertz CT molecular complexity index is 940. The predicted octanol–water partition coefficient (Wildman–Crippen LogP) is 5.11. The van der Waals surface area contributed by atoms with E-state index in [0.717, 1.165) is 21.7 Å². The van der Waals surface area contributed by atoms with Crippen LogP contribution in [0, 0.1) is 0 Å². The Labute approximate surface area is 166 Å². The monoisotopic (exact) mass is 397 g/mol. The molecule has 0 spiro atoms. The SMILES string of the molecule is COc1ccc([C@H]2SCC(=O)Nc3ccsc32)cc1OCc1ccccc1. The molecule has 0 radical (unpaired) electrons. The van der Waals surface area contributed by atoms with E-state index in [1.54, 1.807) is 30.2 Å². The Morgan fingerprint density at radius 2 is 1.96 bits per heavy atom. The lowest BCUT2D eigenvalue weighted by Crippen LogP contribution is -2.11. The van der Waals surface area contributed by atoms with Crippen molar-refractivity contribution in [2.24, 2.45) is 0 Å². The summed E-state index contributed by atoms with van der Waals surface area (Å²) in [6.45, 7) is 0.475. The van der Waals surface area contributed by atoms with Crippen LogP contribution >= 0.6 is 23.1 Å². The van der Waals surface area contributed by atoms with Gasteiger partial charge >= 0.3 is 0 Å². The average Bonchev–Trinajstić information content (AvgIpc) is 3.09. The van der Waals surface area contributed by atoms with E-state index < -0.39 is 0 Å². The van der Waals surface area contributed by atoms with E-state index in [4.69, 9.17) is 9.47 Å². The zero-order chi connectivity index (χ0) is 18.6. The first-order valence-electron chi connectivity index (χ1n) is 8.58. The molecule has 2 heterocycles. The number of carbonyl (C=O) groups excluding carboxylic acids is 1. The molecule has 0 unspecified atom stereocenters. The second-order valence-electron chi connectivity index (χ2n) is 6.12. The average molecular weight is 398 g/mol. The van der Waals surface area contributed by atoms with Gasteiger partial charge in [-0.2, -0.15) is 0 Å². The van der Waals surface area contributed by atoms with Crippen LogP contribution in [0.25, 0.3) is 0 Å². The summed E-state index contributed by atoms with van der Waals surface area (Å²) >= 11 is 3.29. The molecule has 27 heavy (non-hydrogen) atoms. The lowest BCUT2D eigenvalue weighted by molar-refractivity contribution is -0.113. The number of hydrogen-bond donors (Lipinski definition) is 1. The fourth-order valence-corrected chi connectivity index (χ4v) is 5.24. The number of anilines is 1. The first-order chi connectivity index (χ1) is 13.2. The molecular formula is C21H19NO3S2. The Kier molecular flexibility index (Phi) is 5.36. The van der Waals surface area contributed by atoms with E-state index in [2.05, 4.69) is 5.32 Å². The van der Waals surface area contributed by atoms with Gasteiger partial charge in [-0.3, -0.25) is 4.79 Å². The highest BCUT2D eigenvalue weighted by atomic mass is 32.2. The minimum absolute atomic E-state index is 0.0382. The number of amides is 1. The van der Waals surface area contributed by atoms with Crippen molar-refractivity contribution in [1.82, 2.24) is 0 Å². The third-order valence-corrected chi connectivity index (χ3v) is 6.72. The smallest absolute Gasteiger partial charge is 0.234 e. The predicted molar refractivity (Wildman–Crippen MR) is 111 cm³/mol. The molecule has 0 saturated carbocycles. The van der Waals surface area contributed by atoms with Crippen LogP contribution in [0.5, 0.6) is 11.5 Å². The molecule has 1 aliphatic heterocycles. The van der Waals surface area contributed by atoms with E-state index >= 15 is 0 Å². The summed E-state index contributed by atoms with van der Waals surface area (Å²) in [7, 11) is 1.64. The zero-order valence-corrected chi connectivity index (χ0v) is 16.4. The van der Waals surface area contributed by atoms with E-state index in [0.29, 0.717) is 23.9 Å². The maximum absolute atomic E-state index is 12.0. The molecule has 0 saturated heterocycles. The molecule has 1 aliphatic rings. The maximum Gasteiger partial charge on any atom is 0.234 e. The van der Waals surface area contributed by atoms with Crippen LogP contribution in [0.1, 0.15) is 21.3 Å². The summed E-state index contributed by atoms with van der Waals surface area (Å²) in [6.07, 6.45) is 0. The van der Waals surface area contributed by atoms with Crippen LogP contribution in [0.4, 0.5) is 5.69 Å². The molecule has 3 aromatic rings. The van der Waals surface area contributed by atoms with Crippen molar-refractivity contribution in [1.29, 1.82) is 0 Å². The number of ether oxygens (including phenoxy) is 2. The Morgan fingerprint density at radius 3 is 2.78 bits per heavy atom. The number of methoxy groups -OCH3 is 1. The first-order valence-corrected chi connectivity index (χ1v) is 10.5. The Hall–Kier alpha value is -2.44. The van der Waals surface area contributed by atoms with Crippen molar-refractivity contribution in [3.05, 3.63) is 76.0 Å². The molecule has 1 aromatic heterocycles. The normalized spacial score (nSPS) is 16.2. The first kappa shape index (κ1) is 17.9. The van der Waals surface area contributed by atoms with Gasteiger partial charge in [0.25, 0.3) is 0 Å². The number of rotatable bonds is 5. The van der Waals surface area contributed by atoms with E-state index in [1.807, 2.05) is 60.0 Å². The molecule has 4 rings (SSSR count). The largest absolute Gasteiger partial charge is 0.493 e. The number of hydrogen-bond acceptors (Lipinski definition) is 5. The van der Waals surface area contributed by atoms with Crippen LogP contribution in [-0.4, -0.2) is 18.8 Å². The van der Waals surface area contributed by atoms with Crippen molar-refractivity contribution in [2.75, 3.05) is 18.2 Å². The molecule has 0 bridgehead atoms. The molecule has 0 fully saturated rings. The highest BCUT2D eigenvalue weighted by molar-refractivity contribution is 8.00. The van der Waals surface area contributed by atoms with Crippen molar-refractivity contribution < 1.29 is 14.3 Å². The number of fused-ring (bicyclic) bond motifs is 1. The van der Waals surface area contributed by atoms with Crippen LogP contribution in [0.15, 0.2) is 60.0 Å². The third-order valence-electron chi connectivity index (χ3n) is 4.32. The van der Waals surface area contributed by atoms with Gasteiger partial charge in [-0.05, 0) is 34.7 Å². The van der Waals surface area contributed by atoms with Gasteiger partial charge in [0, 0.05) is 4.88 Å². The van der Waals surface area contributed by atoms with Crippen LogP contribution in [-0.2, 0) is 11.4 Å². The molecule has 1 amide bonds. The van der Waals surface area contributed by atoms with Crippen LogP contribution < -0.4 is 14.8 Å². The van der Waals surface area contributed by atoms with E-state index in [-0.39, 0.29) is 11.2 Å². The summed E-state index contributed by atoms with van der Waals surface area (Å²) in [5, 5.41) is 5.08. The fraction of sp³-hybridized carbons (Fsp3) is 0.190. The van der Waals surface area contributed by atoms with Gasteiger partial charge < -0.3 is 14.8 Å². The number of thioether (sulfide) groups is 1. The number of nitrogens with one attached hydrogen (secondary N) is 1. The van der Waals surface area contributed by atoms with Crippen molar-refractivity contribution in [2.45, 2.75) is 11.9 Å². The summed E-state index contributed by atoms with van der Waals surface area (Å²) in [4.78, 5) is 13.1. The molecule has 138 valence electrons. The molecule has 1 atom stereocenters. The quantitative estimate of drug-likeness (QED) is 0.650. The lowest BCUT2D eigenvalue weighted by atomic mass is 10.1. The highest BCUT2D eigenvalue weighted by Gasteiger charge is 2.26. The minimum Gasteiger partial charge on any atom is -0.493 e. The summed E-state index contributed by atoms with van der Waals surface area (Å²) in [6, 6.07) is 18.0. The van der Waals surface area contributed by atoms with Gasteiger partial charge in [-0.15, -0.1) is 23.1 Å². The lowest BCUT2D eigenvalue weighted by Gasteiger charge is -2.17. The third kappa shape index (κ3) is 3.96. The minimum atomic E-state index is 0.0382. The zero-order valence-electron chi connectivity index (χ0n) is 14.8. The summed E-state index contributed by atoms with van der Waals surface area (Å²) in [5.74, 6) is 1.88. The van der Waals surface area contributed by atoms with E-state index in [9.17, 15) is 4.79 Å². The Morgan fingerprint density at radius 1 is 1.11 bits per heavy atom. The second kappa shape index (κ2) is 8.06. The molecule has 6 heteroatoms. The van der Waals surface area contributed by atoms with E-state index in [1.165, 1.54) is 0 Å². The number of thiophene rings is 1. The van der Waals surface area contributed by atoms with Crippen LogP contribution in [0.3, 0.4) is 0 Å². The van der Waals surface area contributed by atoms with Crippen molar-refractivity contribution in [3.63, 3.8) is 0 Å².